The van der Waals surface area contributed by atoms with Crippen LogP contribution >= 0.6 is 11.3 Å². The summed E-state index contributed by atoms with van der Waals surface area (Å²) in [6.07, 6.45) is 0.254. The summed E-state index contributed by atoms with van der Waals surface area (Å²) in [4.78, 5) is 11.4. The molecule has 1 amide bonds. The van der Waals surface area contributed by atoms with Crippen molar-refractivity contribution >= 4 is 38.1 Å². The van der Waals surface area contributed by atoms with E-state index in [0.717, 1.165) is 11.3 Å². The van der Waals surface area contributed by atoms with E-state index in [9.17, 15) is 13.2 Å². The van der Waals surface area contributed by atoms with Crippen LogP contribution in [0.15, 0.2) is 58.9 Å². The van der Waals surface area contributed by atoms with Crippen molar-refractivity contribution in [3.05, 3.63) is 54.6 Å². The highest BCUT2D eigenvalue weighted by Gasteiger charge is 2.22. The molecule has 2 aromatic carbocycles. The number of nitrogens with zero attached hydrogens (tertiary/aromatic N) is 2. The third-order valence-corrected chi connectivity index (χ3v) is 5.88. The van der Waals surface area contributed by atoms with Crippen molar-refractivity contribution in [1.82, 2.24) is 10.2 Å². The molecule has 0 aliphatic rings. The van der Waals surface area contributed by atoms with Gasteiger partial charge in [-0.1, -0.05) is 48.6 Å². The molecule has 3 aromatic rings. The average molecular weight is 404 g/mol. The van der Waals surface area contributed by atoms with Crippen LogP contribution in [0, 0.1) is 0 Å². The number of para-hydroxylation sites is 3. The number of carbonyl (C=O) groups is 1. The number of anilines is 2. The van der Waals surface area contributed by atoms with Gasteiger partial charge in [0.25, 0.3) is 14.4 Å². The molecule has 27 heavy (non-hydrogen) atoms. The van der Waals surface area contributed by atoms with Crippen LogP contribution in [0.3, 0.4) is 0 Å². The van der Waals surface area contributed by atoms with Crippen molar-refractivity contribution in [2.45, 2.75) is 17.7 Å². The minimum absolute atomic E-state index is 0.121. The zero-order valence-corrected chi connectivity index (χ0v) is 15.9. The number of rotatable bonds is 7. The minimum Gasteiger partial charge on any atom is -0.455 e. The van der Waals surface area contributed by atoms with Gasteiger partial charge in [0, 0.05) is 6.42 Å². The summed E-state index contributed by atoms with van der Waals surface area (Å²) in [5, 5.41) is 9.94. The first kappa shape index (κ1) is 18.8. The van der Waals surface area contributed by atoms with E-state index >= 15 is 0 Å². The van der Waals surface area contributed by atoms with Gasteiger partial charge < -0.3 is 10.1 Å². The van der Waals surface area contributed by atoms with Crippen LogP contribution in [-0.2, 0) is 14.8 Å². The molecule has 0 atom stereocenters. The third kappa shape index (κ3) is 4.80. The Morgan fingerprint density at radius 3 is 2.52 bits per heavy atom. The molecule has 0 radical (unpaired) electrons. The van der Waals surface area contributed by atoms with Crippen LogP contribution in [0.4, 0.5) is 10.8 Å². The summed E-state index contributed by atoms with van der Waals surface area (Å²) >= 11 is 0.767. The van der Waals surface area contributed by atoms with Gasteiger partial charge in [-0.25, -0.2) is 0 Å². The Hall–Kier alpha value is -2.98. The fraction of sp³-hybridized carbons (Fsp3) is 0.118. The van der Waals surface area contributed by atoms with Crippen molar-refractivity contribution < 1.29 is 17.9 Å². The molecular formula is C17H16N4O4S2. The molecule has 0 unspecified atom stereocenters. The number of carbonyl (C=O) groups excluding carboxylic acids is 1. The first-order valence-electron chi connectivity index (χ1n) is 7.96. The lowest BCUT2D eigenvalue weighted by molar-refractivity contribution is -0.115. The molecule has 8 nitrogen and oxygen atoms in total. The Bertz CT molecular complexity index is 1040. The van der Waals surface area contributed by atoms with Gasteiger partial charge in [0.1, 0.15) is 5.75 Å². The van der Waals surface area contributed by atoms with Gasteiger partial charge in [-0.2, -0.15) is 8.42 Å². The molecule has 0 spiro atoms. The molecule has 1 heterocycles. The maximum atomic E-state index is 12.6. The second-order valence-corrected chi connectivity index (χ2v) is 8.13. The molecule has 0 bridgehead atoms. The van der Waals surface area contributed by atoms with E-state index in [1.807, 2.05) is 18.2 Å². The molecule has 1 aromatic heterocycles. The SMILES string of the molecule is CCC(=O)Nc1nnc(S(=O)(=O)Nc2ccccc2Oc2ccccc2)s1. The smallest absolute Gasteiger partial charge is 0.291 e. The number of benzene rings is 2. The van der Waals surface area contributed by atoms with Crippen LogP contribution in [0.5, 0.6) is 11.5 Å². The first-order chi connectivity index (χ1) is 13.0. The van der Waals surface area contributed by atoms with E-state index in [2.05, 4.69) is 20.2 Å². The summed E-state index contributed by atoms with van der Waals surface area (Å²) < 4.78 is 33.1. The van der Waals surface area contributed by atoms with Crippen molar-refractivity contribution in [3.8, 4) is 11.5 Å². The van der Waals surface area contributed by atoms with Gasteiger partial charge in [-0.15, -0.1) is 10.2 Å². The van der Waals surface area contributed by atoms with E-state index in [4.69, 9.17) is 4.74 Å². The second-order valence-electron chi connectivity index (χ2n) is 5.29. The van der Waals surface area contributed by atoms with Crippen LogP contribution in [0.2, 0.25) is 0 Å². The van der Waals surface area contributed by atoms with Crippen molar-refractivity contribution in [2.24, 2.45) is 0 Å². The maximum absolute atomic E-state index is 12.6. The van der Waals surface area contributed by atoms with Gasteiger partial charge in [0.15, 0.2) is 5.75 Å². The summed E-state index contributed by atoms with van der Waals surface area (Å²) in [6.45, 7) is 1.68. The molecule has 0 saturated heterocycles. The van der Waals surface area contributed by atoms with Crippen LogP contribution in [0.1, 0.15) is 13.3 Å². The standard InChI is InChI=1S/C17H16N4O4S2/c1-2-15(22)18-16-19-20-17(26-16)27(23,24)21-13-10-6-7-11-14(13)25-12-8-4-3-5-9-12/h3-11,21H,2H2,1H3,(H,18,19,22). The second kappa shape index (κ2) is 8.14. The Morgan fingerprint density at radius 1 is 1.07 bits per heavy atom. The number of nitrogens with one attached hydrogen (secondary N) is 2. The molecule has 140 valence electrons. The highest BCUT2D eigenvalue weighted by Crippen LogP contribution is 2.31. The van der Waals surface area contributed by atoms with E-state index < -0.39 is 10.0 Å². The third-order valence-electron chi connectivity index (χ3n) is 3.31. The normalized spacial score (nSPS) is 11.0. The van der Waals surface area contributed by atoms with Gasteiger partial charge >= 0.3 is 0 Å². The molecule has 0 fully saturated rings. The minimum atomic E-state index is -3.99. The zero-order chi connectivity index (χ0) is 19.3. The Morgan fingerprint density at radius 2 is 1.78 bits per heavy atom. The van der Waals surface area contributed by atoms with Crippen molar-refractivity contribution in [2.75, 3.05) is 10.0 Å². The predicted molar refractivity (Wildman–Crippen MR) is 103 cm³/mol. The lowest BCUT2D eigenvalue weighted by atomic mass is 10.3. The zero-order valence-electron chi connectivity index (χ0n) is 14.2. The number of hydrogen-bond donors (Lipinski definition) is 2. The molecule has 0 aliphatic heterocycles. The number of hydrogen-bond acceptors (Lipinski definition) is 7. The number of ether oxygens (including phenoxy) is 1. The van der Waals surface area contributed by atoms with Gasteiger partial charge in [-0.3, -0.25) is 9.52 Å². The first-order valence-corrected chi connectivity index (χ1v) is 10.3. The van der Waals surface area contributed by atoms with Crippen molar-refractivity contribution in [1.29, 1.82) is 0 Å². The molecular weight excluding hydrogens is 388 g/mol. The van der Waals surface area contributed by atoms with Crippen LogP contribution in [-0.4, -0.2) is 24.5 Å². The van der Waals surface area contributed by atoms with E-state index in [1.165, 1.54) is 0 Å². The van der Waals surface area contributed by atoms with E-state index in [-0.39, 0.29) is 27.5 Å². The lowest BCUT2D eigenvalue weighted by Crippen LogP contribution is -2.13. The largest absolute Gasteiger partial charge is 0.455 e. The van der Waals surface area contributed by atoms with Gasteiger partial charge in [0.05, 0.1) is 5.69 Å². The van der Waals surface area contributed by atoms with Gasteiger partial charge in [-0.05, 0) is 24.3 Å². The highest BCUT2D eigenvalue weighted by molar-refractivity contribution is 7.94. The highest BCUT2D eigenvalue weighted by atomic mass is 32.2. The Labute approximate surface area is 160 Å². The van der Waals surface area contributed by atoms with Crippen molar-refractivity contribution in [3.63, 3.8) is 0 Å². The Balaban J connectivity index is 1.81. The Kier molecular flexibility index (Phi) is 5.67. The summed E-state index contributed by atoms with van der Waals surface area (Å²) in [6, 6.07) is 15.7. The molecule has 2 N–H and O–H groups in total. The average Bonchev–Trinajstić information content (AvgIpc) is 3.13. The summed E-state index contributed by atoms with van der Waals surface area (Å²) in [7, 11) is -3.99. The summed E-state index contributed by atoms with van der Waals surface area (Å²) in [5.74, 6) is 0.644. The quantitative estimate of drug-likeness (QED) is 0.583. The maximum Gasteiger partial charge on any atom is 0.291 e. The predicted octanol–water partition coefficient (Wildman–Crippen LogP) is 3.48. The molecule has 0 aliphatic carbocycles. The molecule has 0 saturated carbocycles. The van der Waals surface area contributed by atoms with Crippen LogP contribution in [0.25, 0.3) is 0 Å². The molecule has 10 heteroatoms. The van der Waals surface area contributed by atoms with Gasteiger partial charge in [0.2, 0.25) is 11.0 Å². The van der Waals surface area contributed by atoms with Crippen LogP contribution < -0.4 is 14.8 Å². The molecule has 3 rings (SSSR count). The van der Waals surface area contributed by atoms with E-state index in [0.29, 0.717) is 11.5 Å². The summed E-state index contributed by atoms with van der Waals surface area (Å²) in [5.41, 5.74) is 0.260. The topological polar surface area (TPSA) is 110 Å². The number of sulfonamides is 1. The number of amides is 1. The van der Waals surface area contributed by atoms with E-state index in [1.54, 1.807) is 43.3 Å². The monoisotopic (exact) mass is 404 g/mol. The lowest BCUT2D eigenvalue weighted by Gasteiger charge is -2.12. The fourth-order valence-electron chi connectivity index (χ4n) is 2.02. The number of aromatic nitrogens is 2. The fourth-order valence-corrected chi connectivity index (χ4v) is 4.01.